The zero-order valence-corrected chi connectivity index (χ0v) is 20.4. The Morgan fingerprint density at radius 3 is 2.06 bits per heavy atom. The molecule has 0 amide bonds. The van der Waals surface area contributed by atoms with Gasteiger partial charge in [0.15, 0.2) is 5.60 Å². The second-order valence-corrected chi connectivity index (χ2v) is 8.45. The van der Waals surface area contributed by atoms with Crippen molar-refractivity contribution in [3.63, 3.8) is 0 Å². The van der Waals surface area contributed by atoms with Crippen LogP contribution in [-0.4, -0.2) is 37.1 Å². The molecule has 4 rings (SSSR count). The number of anilines is 2. The second-order valence-electron chi connectivity index (χ2n) is 8.05. The largest absolute Gasteiger partial charge is 0.440 e. The molecule has 1 aliphatic heterocycles. The third-order valence-corrected chi connectivity index (χ3v) is 6.84. The van der Waals surface area contributed by atoms with Crippen LogP contribution in [0.25, 0.3) is 0 Å². The van der Waals surface area contributed by atoms with Crippen molar-refractivity contribution in [2.45, 2.75) is 33.3 Å². The van der Waals surface area contributed by atoms with E-state index in [0.29, 0.717) is 16.1 Å². The molecule has 0 saturated carbocycles. The number of pyridine rings is 1. The number of aromatic nitrogens is 1. The molecular weight excluding hydrogens is 434 g/mol. The Balaban J connectivity index is 1.91. The smallest absolute Gasteiger partial charge is 0.340 e. The van der Waals surface area contributed by atoms with Crippen molar-refractivity contribution in [2.75, 3.05) is 36.0 Å². The number of nitrogens with zero attached hydrogens (tertiary/aromatic N) is 3. The lowest BCUT2D eigenvalue weighted by Crippen LogP contribution is -2.30. The highest BCUT2D eigenvalue weighted by molar-refractivity contribution is 6.32. The minimum atomic E-state index is -1.15. The van der Waals surface area contributed by atoms with Crippen LogP contribution in [0.5, 0.6) is 0 Å². The lowest BCUT2D eigenvalue weighted by atomic mass is 9.80. The molecule has 172 valence electrons. The summed E-state index contributed by atoms with van der Waals surface area (Å²) in [5, 5.41) is 0.553. The number of cyclic esters (lactones) is 1. The van der Waals surface area contributed by atoms with Crippen LogP contribution in [0.3, 0.4) is 0 Å². The standard InChI is InChI=1S/C27H30ClN3O2/c1-5-30(6-2)20-11-9-19(10-12-20)27(24-18-29-16-15-22(24)26(32)33-27)23-14-13-21(17-25(23)28)31(7-3)8-4/h9-18H,5-8H2,1-4H3. The lowest BCUT2D eigenvalue weighted by molar-refractivity contribution is 0.0251. The normalized spacial score (nSPS) is 16.9. The molecule has 1 unspecified atom stereocenters. The Morgan fingerprint density at radius 2 is 1.45 bits per heavy atom. The van der Waals surface area contributed by atoms with E-state index < -0.39 is 5.60 Å². The van der Waals surface area contributed by atoms with Gasteiger partial charge in [-0.3, -0.25) is 4.98 Å². The Labute approximate surface area is 201 Å². The summed E-state index contributed by atoms with van der Waals surface area (Å²) in [6.45, 7) is 12.1. The van der Waals surface area contributed by atoms with Crippen molar-refractivity contribution < 1.29 is 9.53 Å². The van der Waals surface area contributed by atoms with Crippen LogP contribution in [0, 0.1) is 0 Å². The summed E-state index contributed by atoms with van der Waals surface area (Å²) in [6, 6.07) is 15.9. The van der Waals surface area contributed by atoms with Crippen LogP contribution in [0.4, 0.5) is 11.4 Å². The number of esters is 1. The number of rotatable bonds is 8. The minimum Gasteiger partial charge on any atom is -0.440 e. The predicted octanol–water partition coefficient (Wildman–Crippen LogP) is 5.89. The molecule has 2 heterocycles. The molecular formula is C27H30ClN3O2. The fraction of sp³-hybridized carbons (Fsp3) is 0.333. The van der Waals surface area contributed by atoms with E-state index in [1.54, 1.807) is 18.5 Å². The third kappa shape index (κ3) is 3.84. The Morgan fingerprint density at radius 1 is 0.848 bits per heavy atom. The summed E-state index contributed by atoms with van der Waals surface area (Å²) in [4.78, 5) is 21.8. The quantitative estimate of drug-likeness (QED) is 0.390. The first-order chi connectivity index (χ1) is 16.0. The van der Waals surface area contributed by atoms with Crippen LogP contribution >= 0.6 is 11.6 Å². The molecule has 33 heavy (non-hydrogen) atoms. The zero-order chi connectivity index (χ0) is 23.6. The SMILES string of the molecule is CCN(CC)c1ccc(C2(c3ccc(N(CC)CC)cc3Cl)OC(=O)c3ccncc32)cc1. The average Bonchev–Trinajstić information content (AvgIpc) is 3.14. The van der Waals surface area contributed by atoms with Gasteiger partial charge in [0.1, 0.15) is 0 Å². The molecule has 1 atom stereocenters. The van der Waals surface area contributed by atoms with Crippen molar-refractivity contribution in [3.8, 4) is 0 Å². The summed E-state index contributed by atoms with van der Waals surface area (Å²) in [5.74, 6) is -0.371. The molecule has 0 N–H and O–H groups in total. The Bertz CT molecular complexity index is 1140. The topological polar surface area (TPSA) is 45.7 Å². The number of hydrogen-bond donors (Lipinski definition) is 0. The van der Waals surface area contributed by atoms with E-state index in [9.17, 15) is 4.79 Å². The van der Waals surface area contributed by atoms with Gasteiger partial charge in [0.25, 0.3) is 0 Å². The van der Waals surface area contributed by atoms with Gasteiger partial charge in [0.05, 0.1) is 10.6 Å². The van der Waals surface area contributed by atoms with E-state index in [2.05, 4.69) is 54.6 Å². The molecule has 2 aromatic carbocycles. The van der Waals surface area contributed by atoms with Gasteiger partial charge in [-0.25, -0.2) is 4.79 Å². The van der Waals surface area contributed by atoms with E-state index in [1.165, 1.54) is 0 Å². The highest BCUT2D eigenvalue weighted by Crippen LogP contribution is 2.49. The van der Waals surface area contributed by atoms with Crippen LogP contribution in [0.1, 0.15) is 54.7 Å². The fourth-order valence-corrected chi connectivity index (χ4v) is 5.05. The van der Waals surface area contributed by atoms with Crippen molar-refractivity contribution >= 4 is 28.9 Å². The molecule has 5 nitrogen and oxygen atoms in total. The van der Waals surface area contributed by atoms with E-state index in [0.717, 1.165) is 48.7 Å². The van der Waals surface area contributed by atoms with E-state index in [1.807, 2.05) is 30.3 Å². The molecule has 0 spiro atoms. The molecule has 0 saturated heterocycles. The zero-order valence-electron chi connectivity index (χ0n) is 19.6. The van der Waals surface area contributed by atoms with Crippen LogP contribution in [-0.2, 0) is 10.3 Å². The number of carbonyl (C=O) groups is 1. The van der Waals surface area contributed by atoms with Crippen LogP contribution < -0.4 is 9.80 Å². The molecule has 3 aromatic rings. The molecule has 1 aromatic heterocycles. The fourth-order valence-electron chi connectivity index (χ4n) is 4.74. The molecule has 0 fully saturated rings. The lowest BCUT2D eigenvalue weighted by Gasteiger charge is -2.32. The number of fused-ring (bicyclic) bond motifs is 1. The van der Waals surface area contributed by atoms with Gasteiger partial charge in [0.2, 0.25) is 0 Å². The molecule has 0 bridgehead atoms. The first kappa shape index (κ1) is 23.1. The predicted molar refractivity (Wildman–Crippen MR) is 135 cm³/mol. The Hall–Kier alpha value is -3.05. The van der Waals surface area contributed by atoms with Gasteiger partial charge in [-0.2, -0.15) is 0 Å². The van der Waals surface area contributed by atoms with Gasteiger partial charge < -0.3 is 14.5 Å². The van der Waals surface area contributed by atoms with Crippen molar-refractivity contribution in [2.24, 2.45) is 0 Å². The maximum atomic E-state index is 13.0. The summed E-state index contributed by atoms with van der Waals surface area (Å²) < 4.78 is 6.19. The number of hydrogen-bond acceptors (Lipinski definition) is 5. The average molecular weight is 464 g/mol. The van der Waals surface area contributed by atoms with E-state index in [-0.39, 0.29) is 5.97 Å². The number of carbonyl (C=O) groups excluding carboxylic acids is 1. The number of benzene rings is 2. The first-order valence-corrected chi connectivity index (χ1v) is 12.0. The monoisotopic (exact) mass is 463 g/mol. The van der Waals surface area contributed by atoms with Gasteiger partial charge in [-0.05, 0) is 58.0 Å². The second kappa shape index (κ2) is 9.44. The summed E-state index contributed by atoms with van der Waals surface area (Å²) >= 11 is 6.90. The van der Waals surface area contributed by atoms with Gasteiger partial charge in [-0.15, -0.1) is 0 Å². The first-order valence-electron chi connectivity index (χ1n) is 11.6. The Kier molecular flexibility index (Phi) is 6.61. The molecule has 1 aliphatic rings. The third-order valence-electron chi connectivity index (χ3n) is 6.53. The number of halogens is 1. The van der Waals surface area contributed by atoms with Crippen LogP contribution in [0.15, 0.2) is 60.9 Å². The van der Waals surface area contributed by atoms with Gasteiger partial charge in [0, 0.05) is 66.6 Å². The summed E-state index contributed by atoms with van der Waals surface area (Å²) in [6.07, 6.45) is 3.33. The number of ether oxygens (including phenoxy) is 1. The summed E-state index contributed by atoms with van der Waals surface area (Å²) in [7, 11) is 0. The highest BCUT2D eigenvalue weighted by atomic mass is 35.5. The maximum Gasteiger partial charge on any atom is 0.340 e. The van der Waals surface area contributed by atoms with Crippen LogP contribution in [0.2, 0.25) is 5.02 Å². The highest BCUT2D eigenvalue weighted by Gasteiger charge is 2.50. The van der Waals surface area contributed by atoms with Crippen molar-refractivity contribution in [1.82, 2.24) is 4.98 Å². The van der Waals surface area contributed by atoms with Gasteiger partial charge in [-0.1, -0.05) is 29.8 Å². The summed E-state index contributed by atoms with van der Waals surface area (Å²) in [5.41, 5.74) is 3.81. The molecule has 6 heteroatoms. The maximum absolute atomic E-state index is 13.0. The molecule has 0 radical (unpaired) electrons. The van der Waals surface area contributed by atoms with Crippen molar-refractivity contribution in [1.29, 1.82) is 0 Å². The minimum absolute atomic E-state index is 0.371. The van der Waals surface area contributed by atoms with E-state index in [4.69, 9.17) is 16.3 Å². The van der Waals surface area contributed by atoms with Crippen molar-refractivity contribution in [3.05, 3.63) is 88.2 Å². The van der Waals surface area contributed by atoms with E-state index >= 15 is 0 Å². The van der Waals surface area contributed by atoms with Gasteiger partial charge >= 0.3 is 5.97 Å². The molecule has 0 aliphatic carbocycles.